The molecule has 1 fully saturated rings. The Hall–Kier alpha value is -2.93. The summed E-state index contributed by atoms with van der Waals surface area (Å²) in [5.41, 5.74) is -0.546. The predicted octanol–water partition coefficient (Wildman–Crippen LogP) is 8.64. The summed E-state index contributed by atoms with van der Waals surface area (Å²) in [7, 11) is 0. The first-order chi connectivity index (χ1) is 17.8. The molecule has 3 aromatic carbocycles. The van der Waals surface area contributed by atoms with Crippen LogP contribution in [0.4, 0.5) is 22.0 Å². The number of hydrogen-bond donors (Lipinski definition) is 0. The highest BCUT2D eigenvalue weighted by molar-refractivity contribution is 5.73. The maximum Gasteiger partial charge on any atom is 0.201 e. The highest BCUT2D eigenvalue weighted by atomic mass is 19.2. The van der Waals surface area contributed by atoms with E-state index in [-0.39, 0.29) is 23.5 Å². The van der Waals surface area contributed by atoms with Crippen molar-refractivity contribution in [2.75, 3.05) is 13.2 Å². The number of hydrogen-bond acceptors (Lipinski definition) is 2. The van der Waals surface area contributed by atoms with Gasteiger partial charge in [0.1, 0.15) is 5.82 Å². The minimum Gasteiger partial charge on any atom is -0.491 e. The Kier molecular flexibility index (Phi) is 8.85. The molecule has 37 heavy (non-hydrogen) atoms. The third kappa shape index (κ3) is 5.98. The van der Waals surface area contributed by atoms with Crippen LogP contribution >= 0.6 is 0 Å². The maximum atomic E-state index is 15.0. The van der Waals surface area contributed by atoms with E-state index in [1.807, 2.05) is 0 Å². The highest BCUT2D eigenvalue weighted by Crippen LogP contribution is 2.36. The molecule has 0 amide bonds. The lowest BCUT2D eigenvalue weighted by Gasteiger charge is -2.29. The van der Waals surface area contributed by atoms with Gasteiger partial charge in [0.25, 0.3) is 0 Å². The Labute approximate surface area is 214 Å². The van der Waals surface area contributed by atoms with Crippen LogP contribution in [0.3, 0.4) is 0 Å². The van der Waals surface area contributed by atoms with Crippen LogP contribution < -0.4 is 4.74 Å². The maximum absolute atomic E-state index is 15.0. The Bertz CT molecular complexity index is 1240. The monoisotopic (exact) mass is 518 g/mol. The van der Waals surface area contributed by atoms with E-state index >= 15 is 4.39 Å². The molecule has 7 heteroatoms. The summed E-state index contributed by atoms with van der Waals surface area (Å²) in [4.78, 5) is 0. The molecular formula is C30H31F5O2. The molecule has 4 rings (SSSR count). The molecule has 1 heterocycles. The minimum atomic E-state index is -1.39. The van der Waals surface area contributed by atoms with Crippen molar-refractivity contribution in [3.8, 4) is 28.0 Å². The molecule has 198 valence electrons. The van der Waals surface area contributed by atoms with Gasteiger partial charge in [-0.3, -0.25) is 0 Å². The largest absolute Gasteiger partial charge is 0.491 e. The zero-order chi connectivity index (χ0) is 26.5. The number of halogens is 5. The number of benzene rings is 3. The smallest absolute Gasteiger partial charge is 0.201 e. The molecule has 2 nitrogen and oxygen atoms in total. The van der Waals surface area contributed by atoms with E-state index in [0.717, 1.165) is 55.9 Å². The summed E-state index contributed by atoms with van der Waals surface area (Å²) in [5.74, 6) is -5.93. The second-order valence-electron chi connectivity index (χ2n) is 9.50. The third-order valence-electron chi connectivity index (χ3n) is 6.96. The summed E-state index contributed by atoms with van der Waals surface area (Å²) in [6.07, 6.45) is 6.15. The Morgan fingerprint density at radius 1 is 0.757 bits per heavy atom. The topological polar surface area (TPSA) is 18.5 Å². The molecule has 0 N–H and O–H groups in total. The Balaban J connectivity index is 1.50. The van der Waals surface area contributed by atoms with Crippen molar-refractivity contribution in [2.45, 2.75) is 58.5 Å². The van der Waals surface area contributed by atoms with Gasteiger partial charge in [-0.15, -0.1) is 0 Å². The normalized spacial score (nSPS) is 17.7. The van der Waals surface area contributed by atoms with E-state index in [1.165, 1.54) is 18.2 Å². The Morgan fingerprint density at radius 3 is 1.97 bits per heavy atom. The third-order valence-corrected chi connectivity index (χ3v) is 6.96. The van der Waals surface area contributed by atoms with Gasteiger partial charge >= 0.3 is 0 Å². The molecule has 0 saturated carbocycles. The predicted molar refractivity (Wildman–Crippen MR) is 134 cm³/mol. The average molecular weight is 519 g/mol. The number of aryl methyl sites for hydroxylation is 1. The molecule has 0 aliphatic carbocycles. The lowest BCUT2D eigenvalue weighted by Crippen LogP contribution is -2.26. The van der Waals surface area contributed by atoms with Crippen LogP contribution in [-0.4, -0.2) is 19.3 Å². The van der Waals surface area contributed by atoms with Crippen molar-refractivity contribution in [1.82, 2.24) is 0 Å². The molecule has 1 aliphatic heterocycles. The van der Waals surface area contributed by atoms with E-state index in [0.29, 0.717) is 25.0 Å². The van der Waals surface area contributed by atoms with Crippen LogP contribution in [-0.2, 0) is 11.2 Å². The first kappa shape index (κ1) is 27.1. The second kappa shape index (κ2) is 12.1. The van der Waals surface area contributed by atoms with Crippen LogP contribution in [0.5, 0.6) is 5.75 Å². The van der Waals surface area contributed by atoms with Gasteiger partial charge in [-0.1, -0.05) is 37.6 Å². The van der Waals surface area contributed by atoms with Crippen molar-refractivity contribution >= 4 is 0 Å². The average Bonchev–Trinajstić information content (AvgIpc) is 2.89. The molecule has 2 atom stereocenters. The van der Waals surface area contributed by atoms with Crippen molar-refractivity contribution in [2.24, 2.45) is 5.92 Å². The fraction of sp³-hybridized carbons (Fsp3) is 0.400. The summed E-state index contributed by atoms with van der Waals surface area (Å²) in [5, 5.41) is 0. The van der Waals surface area contributed by atoms with Gasteiger partial charge in [0.05, 0.1) is 12.7 Å². The zero-order valence-electron chi connectivity index (χ0n) is 21.1. The van der Waals surface area contributed by atoms with E-state index in [1.54, 1.807) is 13.0 Å². The van der Waals surface area contributed by atoms with Gasteiger partial charge in [0.2, 0.25) is 5.82 Å². The summed E-state index contributed by atoms with van der Waals surface area (Å²) in [6.45, 7) is 4.58. The fourth-order valence-electron chi connectivity index (χ4n) is 4.91. The molecule has 1 saturated heterocycles. The summed E-state index contributed by atoms with van der Waals surface area (Å²) >= 11 is 0. The number of rotatable bonds is 9. The van der Waals surface area contributed by atoms with Gasteiger partial charge < -0.3 is 9.47 Å². The van der Waals surface area contributed by atoms with Gasteiger partial charge in [-0.25, -0.2) is 17.6 Å². The summed E-state index contributed by atoms with van der Waals surface area (Å²) in [6, 6.07) is 9.04. The van der Waals surface area contributed by atoms with E-state index in [9.17, 15) is 17.6 Å². The number of ether oxygens (including phenoxy) is 2. The van der Waals surface area contributed by atoms with Crippen molar-refractivity contribution < 1.29 is 31.4 Å². The summed E-state index contributed by atoms with van der Waals surface area (Å²) < 4.78 is 84.7. The standard InChI is InChI=1S/C30H31F5O2/c1-3-5-20-10-8-19(17-37-20)7-6-18-9-11-21(25(31)16-18)22-12-13-23(28(33)27(22)32)24-14-15-26(36-4-2)30(35)29(24)34/h9,11-16,19-20H,3-8,10,17H2,1-2H3. The molecule has 0 aromatic heterocycles. The van der Waals surface area contributed by atoms with Gasteiger partial charge in [0, 0.05) is 28.9 Å². The van der Waals surface area contributed by atoms with Crippen molar-refractivity contribution in [3.05, 3.63) is 77.1 Å². The van der Waals surface area contributed by atoms with Crippen molar-refractivity contribution in [1.29, 1.82) is 0 Å². The molecule has 0 bridgehead atoms. The molecule has 1 aliphatic rings. The van der Waals surface area contributed by atoms with Crippen LogP contribution in [0.15, 0.2) is 42.5 Å². The molecule has 0 radical (unpaired) electrons. The van der Waals surface area contributed by atoms with E-state index < -0.39 is 40.2 Å². The van der Waals surface area contributed by atoms with Gasteiger partial charge in [0.15, 0.2) is 23.2 Å². The fourth-order valence-corrected chi connectivity index (χ4v) is 4.91. The molecule has 0 spiro atoms. The van der Waals surface area contributed by atoms with Gasteiger partial charge in [-0.05, 0) is 68.7 Å². The van der Waals surface area contributed by atoms with Crippen molar-refractivity contribution in [3.63, 3.8) is 0 Å². The second-order valence-corrected chi connectivity index (χ2v) is 9.50. The van der Waals surface area contributed by atoms with E-state index in [4.69, 9.17) is 9.47 Å². The van der Waals surface area contributed by atoms with Crippen LogP contribution in [0.1, 0.15) is 51.5 Å². The molecule has 2 unspecified atom stereocenters. The Morgan fingerprint density at radius 2 is 1.38 bits per heavy atom. The highest BCUT2D eigenvalue weighted by Gasteiger charge is 2.24. The molecule has 3 aromatic rings. The molecular weight excluding hydrogens is 487 g/mol. The zero-order valence-corrected chi connectivity index (χ0v) is 21.1. The lowest BCUT2D eigenvalue weighted by molar-refractivity contribution is -0.0218. The van der Waals surface area contributed by atoms with E-state index in [2.05, 4.69) is 6.92 Å². The minimum absolute atomic E-state index is 0.103. The van der Waals surface area contributed by atoms with Gasteiger partial charge in [-0.2, -0.15) is 4.39 Å². The first-order valence-electron chi connectivity index (χ1n) is 12.8. The van der Waals surface area contributed by atoms with Crippen LogP contribution in [0, 0.1) is 35.0 Å². The SMILES string of the molecule is CCCC1CCC(CCc2ccc(-c3ccc(-c4ccc(OCC)c(F)c4F)c(F)c3F)c(F)c2)CO1. The quantitative estimate of drug-likeness (QED) is 0.264. The van der Waals surface area contributed by atoms with Crippen LogP contribution in [0.25, 0.3) is 22.3 Å². The van der Waals surface area contributed by atoms with Crippen LogP contribution in [0.2, 0.25) is 0 Å². The first-order valence-corrected chi connectivity index (χ1v) is 12.8. The lowest BCUT2D eigenvalue weighted by atomic mass is 9.90.